The van der Waals surface area contributed by atoms with Gasteiger partial charge in [0.25, 0.3) is 11.8 Å². The van der Waals surface area contributed by atoms with Gasteiger partial charge < -0.3 is 4.74 Å². The molecular weight excluding hydrogens is 327 g/mol. The summed E-state index contributed by atoms with van der Waals surface area (Å²) in [5.74, 6) is -1.40. The Balaban J connectivity index is 1.82. The molecule has 0 bridgehead atoms. The number of hydrazine groups is 1. The number of amides is 2. The molecule has 2 aromatic rings. The zero-order valence-electron chi connectivity index (χ0n) is 12.1. The summed E-state index contributed by atoms with van der Waals surface area (Å²) in [4.78, 5) is 27.0. The Labute approximate surface area is 134 Å². The number of halogens is 3. The van der Waals surface area contributed by atoms with Crippen molar-refractivity contribution < 1.29 is 27.5 Å². The Morgan fingerprint density at radius 3 is 2.46 bits per heavy atom. The molecule has 0 unspecified atom stereocenters. The maximum absolute atomic E-state index is 12.6. The normalized spacial score (nSPS) is 10.8. The molecule has 0 saturated carbocycles. The Hall–Kier alpha value is -3.10. The third kappa shape index (κ3) is 4.97. The number of alkyl halides is 3. The van der Waals surface area contributed by atoms with Gasteiger partial charge in [-0.05, 0) is 30.3 Å². The van der Waals surface area contributed by atoms with Gasteiger partial charge in [-0.1, -0.05) is 6.07 Å². The van der Waals surface area contributed by atoms with E-state index in [1.807, 2.05) is 0 Å². The summed E-state index contributed by atoms with van der Waals surface area (Å²) in [6, 6.07) is 7.02. The first-order valence-electron chi connectivity index (χ1n) is 6.65. The number of carbonyl (C=O) groups is 2. The van der Waals surface area contributed by atoms with Crippen molar-refractivity contribution in [3.8, 4) is 5.75 Å². The summed E-state index contributed by atoms with van der Waals surface area (Å²) in [5, 5.41) is 0. The molecule has 2 N–H and O–H groups in total. The van der Waals surface area contributed by atoms with Crippen molar-refractivity contribution in [2.45, 2.75) is 6.18 Å². The van der Waals surface area contributed by atoms with E-state index in [2.05, 4.69) is 15.8 Å². The van der Waals surface area contributed by atoms with Crippen LogP contribution in [0.15, 0.2) is 48.8 Å². The van der Waals surface area contributed by atoms with Gasteiger partial charge in [0.1, 0.15) is 5.75 Å². The third-order valence-electron chi connectivity index (χ3n) is 2.79. The fourth-order valence-corrected chi connectivity index (χ4v) is 1.65. The minimum atomic E-state index is -4.50. The fourth-order valence-electron chi connectivity index (χ4n) is 1.65. The Kier molecular flexibility index (Phi) is 5.35. The van der Waals surface area contributed by atoms with Gasteiger partial charge >= 0.3 is 6.18 Å². The van der Waals surface area contributed by atoms with E-state index < -0.39 is 30.2 Å². The number of hydrogen-bond donors (Lipinski definition) is 2. The van der Waals surface area contributed by atoms with Gasteiger partial charge in [-0.3, -0.25) is 25.4 Å². The van der Waals surface area contributed by atoms with E-state index in [0.717, 1.165) is 12.1 Å². The summed E-state index contributed by atoms with van der Waals surface area (Å²) in [6.07, 6.45) is -1.68. The lowest BCUT2D eigenvalue weighted by Gasteiger charge is -2.11. The highest BCUT2D eigenvalue weighted by atomic mass is 19.4. The average Bonchev–Trinajstić information content (AvgIpc) is 2.58. The summed E-state index contributed by atoms with van der Waals surface area (Å²) in [7, 11) is 0. The molecule has 0 fully saturated rings. The summed E-state index contributed by atoms with van der Waals surface area (Å²) in [6.45, 7) is -0.558. The van der Waals surface area contributed by atoms with E-state index in [0.29, 0.717) is 0 Å². The average molecular weight is 339 g/mol. The molecule has 1 heterocycles. The van der Waals surface area contributed by atoms with Crippen molar-refractivity contribution >= 4 is 11.8 Å². The van der Waals surface area contributed by atoms with E-state index in [-0.39, 0.29) is 11.3 Å². The highest BCUT2D eigenvalue weighted by Crippen LogP contribution is 2.31. The molecule has 6 nitrogen and oxygen atoms in total. The van der Waals surface area contributed by atoms with Gasteiger partial charge in [-0.2, -0.15) is 13.2 Å². The first kappa shape index (κ1) is 17.3. The van der Waals surface area contributed by atoms with E-state index in [1.165, 1.54) is 36.7 Å². The predicted octanol–water partition coefficient (Wildman–Crippen LogP) is 1.94. The van der Waals surface area contributed by atoms with Crippen LogP contribution in [0.3, 0.4) is 0 Å². The summed E-state index contributed by atoms with van der Waals surface area (Å²) >= 11 is 0. The standard InChI is InChI=1S/C15H12F3N3O3/c16-15(17,18)11-2-1-3-12(8-11)24-9-13(22)20-21-14(23)10-4-6-19-7-5-10/h1-8H,9H2,(H,20,22)(H,21,23). The number of benzene rings is 1. The maximum atomic E-state index is 12.6. The molecule has 126 valence electrons. The molecule has 0 saturated heterocycles. The molecule has 0 aliphatic heterocycles. The highest BCUT2D eigenvalue weighted by molar-refractivity contribution is 5.95. The summed E-state index contributed by atoms with van der Waals surface area (Å²) in [5.41, 5.74) is 3.63. The first-order valence-corrected chi connectivity index (χ1v) is 6.65. The monoisotopic (exact) mass is 339 g/mol. The highest BCUT2D eigenvalue weighted by Gasteiger charge is 2.30. The van der Waals surface area contributed by atoms with Crippen molar-refractivity contribution in [1.29, 1.82) is 0 Å². The molecule has 0 radical (unpaired) electrons. The molecule has 24 heavy (non-hydrogen) atoms. The zero-order valence-corrected chi connectivity index (χ0v) is 12.1. The lowest BCUT2D eigenvalue weighted by Crippen LogP contribution is -2.43. The number of carbonyl (C=O) groups excluding carboxylic acids is 2. The van der Waals surface area contributed by atoms with Crippen molar-refractivity contribution in [2.24, 2.45) is 0 Å². The van der Waals surface area contributed by atoms with Gasteiger partial charge in [0, 0.05) is 18.0 Å². The van der Waals surface area contributed by atoms with Gasteiger partial charge in [-0.15, -0.1) is 0 Å². The smallest absolute Gasteiger partial charge is 0.416 e. The van der Waals surface area contributed by atoms with Crippen LogP contribution < -0.4 is 15.6 Å². The molecule has 2 amide bonds. The third-order valence-corrected chi connectivity index (χ3v) is 2.79. The van der Waals surface area contributed by atoms with Crippen LogP contribution in [0.4, 0.5) is 13.2 Å². The fraction of sp³-hybridized carbons (Fsp3) is 0.133. The molecule has 2 rings (SSSR count). The lowest BCUT2D eigenvalue weighted by molar-refractivity contribution is -0.137. The predicted molar refractivity (Wildman–Crippen MR) is 76.8 cm³/mol. The van der Waals surface area contributed by atoms with Crippen molar-refractivity contribution in [3.05, 3.63) is 59.9 Å². The minimum Gasteiger partial charge on any atom is -0.484 e. The van der Waals surface area contributed by atoms with E-state index in [1.54, 1.807) is 0 Å². The molecule has 1 aromatic heterocycles. The van der Waals surface area contributed by atoms with E-state index in [9.17, 15) is 22.8 Å². The van der Waals surface area contributed by atoms with Gasteiger partial charge in [-0.25, -0.2) is 0 Å². The molecule has 9 heteroatoms. The topological polar surface area (TPSA) is 80.3 Å². The van der Waals surface area contributed by atoms with Crippen LogP contribution in [-0.4, -0.2) is 23.4 Å². The van der Waals surface area contributed by atoms with Crippen LogP contribution in [0.5, 0.6) is 5.75 Å². The number of nitrogens with one attached hydrogen (secondary N) is 2. The van der Waals surface area contributed by atoms with Crippen LogP contribution in [0.2, 0.25) is 0 Å². The van der Waals surface area contributed by atoms with Crippen LogP contribution in [0, 0.1) is 0 Å². The van der Waals surface area contributed by atoms with E-state index >= 15 is 0 Å². The largest absolute Gasteiger partial charge is 0.484 e. The zero-order chi connectivity index (χ0) is 17.6. The Morgan fingerprint density at radius 1 is 1.08 bits per heavy atom. The second kappa shape index (κ2) is 7.44. The summed E-state index contributed by atoms with van der Waals surface area (Å²) < 4.78 is 42.6. The van der Waals surface area contributed by atoms with Gasteiger partial charge in [0.15, 0.2) is 6.61 Å². The van der Waals surface area contributed by atoms with Crippen LogP contribution >= 0.6 is 0 Å². The Bertz CT molecular complexity index is 721. The minimum absolute atomic E-state index is 0.111. The lowest BCUT2D eigenvalue weighted by atomic mass is 10.2. The van der Waals surface area contributed by atoms with Gasteiger partial charge in [0.05, 0.1) is 5.56 Å². The van der Waals surface area contributed by atoms with Crippen LogP contribution in [0.25, 0.3) is 0 Å². The second-order valence-electron chi connectivity index (χ2n) is 4.55. The van der Waals surface area contributed by atoms with Crippen molar-refractivity contribution in [1.82, 2.24) is 15.8 Å². The van der Waals surface area contributed by atoms with Crippen LogP contribution in [-0.2, 0) is 11.0 Å². The second-order valence-corrected chi connectivity index (χ2v) is 4.55. The van der Waals surface area contributed by atoms with Gasteiger partial charge in [0.2, 0.25) is 0 Å². The molecule has 0 spiro atoms. The number of ether oxygens (including phenoxy) is 1. The van der Waals surface area contributed by atoms with Crippen molar-refractivity contribution in [2.75, 3.05) is 6.61 Å². The maximum Gasteiger partial charge on any atom is 0.416 e. The number of hydrogen-bond acceptors (Lipinski definition) is 4. The van der Waals surface area contributed by atoms with Crippen molar-refractivity contribution in [3.63, 3.8) is 0 Å². The SMILES string of the molecule is O=C(COc1cccc(C(F)(F)F)c1)NNC(=O)c1ccncc1. The van der Waals surface area contributed by atoms with Crippen LogP contribution in [0.1, 0.15) is 15.9 Å². The molecule has 0 aliphatic rings. The molecule has 0 atom stereocenters. The molecular formula is C15H12F3N3O3. The number of aromatic nitrogens is 1. The molecule has 0 aliphatic carbocycles. The molecule has 1 aromatic carbocycles. The quantitative estimate of drug-likeness (QED) is 0.835. The number of nitrogens with zero attached hydrogens (tertiary/aromatic N) is 1. The first-order chi connectivity index (χ1) is 11.4. The van der Waals surface area contributed by atoms with E-state index in [4.69, 9.17) is 4.74 Å². The number of pyridine rings is 1. The Morgan fingerprint density at radius 2 is 1.79 bits per heavy atom. The number of rotatable bonds is 4.